The second-order valence-corrected chi connectivity index (χ2v) is 8.72. The summed E-state index contributed by atoms with van der Waals surface area (Å²) in [6.07, 6.45) is 1.21. The summed E-state index contributed by atoms with van der Waals surface area (Å²) < 4.78 is 43.9. The fraction of sp³-hybridized carbons (Fsp3) is 0.611. The van der Waals surface area contributed by atoms with E-state index < -0.39 is 15.8 Å². The van der Waals surface area contributed by atoms with Gasteiger partial charge in [-0.05, 0) is 38.1 Å². The minimum Gasteiger partial charge on any atom is -0.491 e. The first-order chi connectivity index (χ1) is 12.8. The zero-order valence-corrected chi connectivity index (χ0v) is 16.5. The maximum atomic E-state index is 12.4. The fourth-order valence-corrected chi connectivity index (χ4v) is 4.18. The quantitative estimate of drug-likeness (QED) is 0.772. The molecular formula is C18H26N2O6S. The van der Waals surface area contributed by atoms with Crippen LogP contribution in [0.5, 0.6) is 5.75 Å². The molecule has 1 aromatic rings. The second-order valence-electron chi connectivity index (χ2n) is 6.95. The van der Waals surface area contributed by atoms with Gasteiger partial charge in [-0.3, -0.25) is 4.79 Å². The van der Waals surface area contributed by atoms with E-state index in [9.17, 15) is 13.2 Å². The molecule has 0 unspecified atom stereocenters. The lowest BCUT2D eigenvalue weighted by molar-refractivity contribution is -0.187. The van der Waals surface area contributed by atoms with Crippen LogP contribution in [0.4, 0.5) is 0 Å². The molecule has 0 saturated carbocycles. The molecule has 0 aromatic heterocycles. The van der Waals surface area contributed by atoms with Gasteiger partial charge in [0.2, 0.25) is 15.9 Å². The van der Waals surface area contributed by atoms with Crippen LogP contribution in [-0.4, -0.2) is 64.0 Å². The average molecular weight is 398 g/mol. The predicted octanol–water partition coefficient (Wildman–Crippen LogP) is 1.12. The second kappa shape index (κ2) is 8.14. The monoisotopic (exact) mass is 398 g/mol. The number of carbonyl (C=O) groups excluding carboxylic acids is 1. The first kappa shape index (κ1) is 20.1. The molecule has 8 nitrogen and oxygen atoms in total. The molecule has 2 aliphatic rings. The van der Waals surface area contributed by atoms with Gasteiger partial charge in [-0.15, -0.1) is 0 Å². The van der Waals surface area contributed by atoms with Crippen LogP contribution in [-0.2, 0) is 24.3 Å². The molecule has 1 N–H and O–H groups in total. The van der Waals surface area contributed by atoms with Gasteiger partial charge in [-0.2, -0.15) is 0 Å². The Labute approximate surface area is 159 Å². The van der Waals surface area contributed by atoms with Gasteiger partial charge in [0.1, 0.15) is 5.75 Å². The molecule has 0 bridgehead atoms. The maximum Gasteiger partial charge on any atom is 0.241 e. The Kier molecular flexibility index (Phi) is 6.05. The highest BCUT2D eigenvalue weighted by Gasteiger charge is 2.40. The summed E-state index contributed by atoms with van der Waals surface area (Å²) in [5.74, 6) is -0.222. The number of piperidine rings is 1. The zero-order valence-electron chi connectivity index (χ0n) is 15.6. The topological polar surface area (TPSA) is 94.2 Å². The van der Waals surface area contributed by atoms with Crippen LogP contribution in [0.1, 0.15) is 26.7 Å². The Bertz CT molecular complexity index is 747. The predicted molar refractivity (Wildman–Crippen MR) is 97.8 cm³/mol. The number of likely N-dealkylation sites (tertiary alicyclic amines) is 1. The van der Waals surface area contributed by atoms with E-state index in [0.29, 0.717) is 44.9 Å². The average Bonchev–Trinajstić information content (AvgIpc) is 3.08. The Morgan fingerprint density at radius 2 is 1.78 bits per heavy atom. The summed E-state index contributed by atoms with van der Waals surface area (Å²) in [6.45, 7) is 5.64. The Morgan fingerprint density at radius 1 is 1.19 bits per heavy atom. The van der Waals surface area contributed by atoms with Crippen molar-refractivity contribution in [3.05, 3.63) is 24.3 Å². The summed E-state index contributed by atoms with van der Waals surface area (Å²) in [7, 11) is -3.76. The lowest BCUT2D eigenvalue weighted by Gasteiger charge is -2.37. The van der Waals surface area contributed by atoms with Crippen molar-refractivity contribution in [1.82, 2.24) is 9.62 Å². The van der Waals surface area contributed by atoms with E-state index in [0.717, 1.165) is 0 Å². The number of nitrogens with one attached hydrogen (secondary N) is 1. The number of amides is 1. The molecule has 9 heteroatoms. The number of hydrogen-bond acceptors (Lipinski definition) is 6. The third-order valence-corrected chi connectivity index (χ3v) is 6.03. The number of carbonyl (C=O) groups is 1. The SMILES string of the molecule is CC(C)Oc1ccc(S(=O)(=O)NCC(=O)N2CCC3(CC2)OCCO3)cc1. The molecule has 2 saturated heterocycles. The van der Waals surface area contributed by atoms with Crippen molar-refractivity contribution >= 4 is 15.9 Å². The summed E-state index contributed by atoms with van der Waals surface area (Å²) in [4.78, 5) is 14.1. The third kappa shape index (κ3) is 4.98. The van der Waals surface area contributed by atoms with Crippen LogP contribution in [0, 0.1) is 0 Å². The van der Waals surface area contributed by atoms with Gasteiger partial charge < -0.3 is 19.1 Å². The number of nitrogens with zero attached hydrogens (tertiary/aromatic N) is 1. The highest BCUT2D eigenvalue weighted by atomic mass is 32.2. The van der Waals surface area contributed by atoms with Crippen molar-refractivity contribution in [2.45, 2.75) is 43.5 Å². The minimum atomic E-state index is -3.76. The number of sulfonamides is 1. The van der Waals surface area contributed by atoms with Gasteiger partial charge in [0.15, 0.2) is 5.79 Å². The molecule has 2 fully saturated rings. The van der Waals surface area contributed by atoms with Crippen LogP contribution >= 0.6 is 0 Å². The summed E-state index contributed by atoms with van der Waals surface area (Å²) in [6, 6.07) is 6.12. The normalized spacial score (nSPS) is 19.6. The fourth-order valence-electron chi connectivity index (χ4n) is 3.20. The van der Waals surface area contributed by atoms with Crippen LogP contribution in [0.25, 0.3) is 0 Å². The summed E-state index contributed by atoms with van der Waals surface area (Å²) >= 11 is 0. The number of rotatable bonds is 6. The molecule has 2 heterocycles. The van der Waals surface area contributed by atoms with Crippen molar-refractivity contribution in [1.29, 1.82) is 0 Å². The van der Waals surface area contributed by atoms with E-state index in [4.69, 9.17) is 14.2 Å². The van der Waals surface area contributed by atoms with Crippen LogP contribution in [0.3, 0.4) is 0 Å². The highest BCUT2D eigenvalue weighted by molar-refractivity contribution is 7.89. The van der Waals surface area contributed by atoms with Gasteiger partial charge in [0.05, 0.1) is 30.8 Å². The Hall–Kier alpha value is -1.68. The Morgan fingerprint density at radius 3 is 2.33 bits per heavy atom. The Balaban J connectivity index is 1.51. The molecule has 2 aliphatic heterocycles. The maximum absolute atomic E-state index is 12.4. The lowest BCUT2D eigenvalue weighted by atomic mass is 10.0. The molecule has 1 amide bonds. The summed E-state index contributed by atoms with van der Waals surface area (Å²) in [5.41, 5.74) is 0. The number of hydrogen-bond donors (Lipinski definition) is 1. The molecule has 3 rings (SSSR count). The van der Waals surface area contributed by atoms with Crippen molar-refractivity contribution in [2.24, 2.45) is 0 Å². The molecule has 1 aromatic carbocycles. The van der Waals surface area contributed by atoms with Crippen LogP contribution < -0.4 is 9.46 Å². The molecular weight excluding hydrogens is 372 g/mol. The van der Waals surface area contributed by atoms with E-state index in [-0.39, 0.29) is 23.5 Å². The first-order valence-corrected chi connectivity index (χ1v) is 10.6. The van der Waals surface area contributed by atoms with Crippen LogP contribution in [0.2, 0.25) is 0 Å². The number of benzene rings is 1. The van der Waals surface area contributed by atoms with E-state index in [1.807, 2.05) is 13.8 Å². The van der Waals surface area contributed by atoms with Crippen molar-refractivity contribution in [2.75, 3.05) is 32.8 Å². The first-order valence-electron chi connectivity index (χ1n) is 9.12. The molecule has 1 spiro atoms. The summed E-state index contributed by atoms with van der Waals surface area (Å²) in [5, 5.41) is 0. The van der Waals surface area contributed by atoms with Gasteiger partial charge in [-0.1, -0.05) is 0 Å². The zero-order chi connectivity index (χ0) is 19.5. The van der Waals surface area contributed by atoms with E-state index >= 15 is 0 Å². The van der Waals surface area contributed by atoms with E-state index in [2.05, 4.69) is 4.72 Å². The largest absolute Gasteiger partial charge is 0.491 e. The van der Waals surface area contributed by atoms with Gasteiger partial charge in [0.25, 0.3) is 0 Å². The third-order valence-electron chi connectivity index (χ3n) is 4.61. The minimum absolute atomic E-state index is 0.00641. The molecule has 0 aliphatic carbocycles. The van der Waals surface area contributed by atoms with Crippen molar-refractivity contribution < 1.29 is 27.4 Å². The van der Waals surface area contributed by atoms with Crippen molar-refractivity contribution in [3.8, 4) is 5.75 Å². The van der Waals surface area contributed by atoms with Gasteiger partial charge in [0, 0.05) is 25.9 Å². The highest BCUT2D eigenvalue weighted by Crippen LogP contribution is 2.31. The van der Waals surface area contributed by atoms with E-state index in [1.54, 1.807) is 17.0 Å². The molecule has 27 heavy (non-hydrogen) atoms. The molecule has 0 atom stereocenters. The van der Waals surface area contributed by atoms with E-state index in [1.165, 1.54) is 12.1 Å². The molecule has 150 valence electrons. The van der Waals surface area contributed by atoms with Gasteiger partial charge >= 0.3 is 0 Å². The van der Waals surface area contributed by atoms with Crippen LogP contribution in [0.15, 0.2) is 29.2 Å². The smallest absolute Gasteiger partial charge is 0.241 e. The van der Waals surface area contributed by atoms with Crippen molar-refractivity contribution in [3.63, 3.8) is 0 Å². The molecule has 0 radical (unpaired) electrons. The number of ether oxygens (including phenoxy) is 3. The standard InChI is InChI=1S/C18H26N2O6S/c1-14(2)26-15-3-5-16(6-4-15)27(22,23)19-13-17(21)20-9-7-18(8-10-20)24-11-12-25-18/h3-6,14,19H,7-13H2,1-2H3. The van der Waals surface area contributed by atoms with Gasteiger partial charge in [-0.25, -0.2) is 13.1 Å². The lowest BCUT2D eigenvalue weighted by Crippen LogP contribution is -2.49.